The Kier molecular flexibility index (Phi) is 8.17. The molecule has 2 amide bonds. The molecule has 4 N–H and O–H groups in total. The first-order valence-electron chi connectivity index (χ1n) is 12.6. The maximum absolute atomic E-state index is 13.0. The third-order valence-corrected chi connectivity index (χ3v) is 6.24. The Hall–Kier alpha value is -4.21. The molecule has 10 nitrogen and oxygen atoms in total. The number of hydrogen-bond donors (Lipinski definition) is 3. The Morgan fingerprint density at radius 3 is 2.46 bits per heavy atom. The number of amides is 2. The molecule has 3 heterocycles. The number of nitrogens with zero attached hydrogens (tertiary/aromatic N) is 5. The molecule has 0 aliphatic heterocycles. The average molecular weight is 503 g/mol. The number of aromatic amines is 1. The minimum absolute atomic E-state index is 0.166. The molecular weight excluding hydrogens is 468 g/mol. The van der Waals surface area contributed by atoms with Gasteiger partial charge in [-0.25, -0.2) is 4.98 Å². The summed E-state index contributed by atoms with van der Waals surface area (Å²) in [6.45, 7) is 4.02. The number of carbonyl (C=O) groups excluding carboxylic acids is 2. The van der Waals surface area contributed by atoms with Crippen LogP contribution in [0.5, 0.6) is 0 Å². The van der Waals surface area contributed by atoms with Crippen molar-refractivity contribution in [2.75, 3.05) is 0 Å². The van der Waals surface area contributed by atoms with Gasteiger partial charge in [0.2, 0.25) is 5.91 Å². The van der Waals surface area contributed by atoms with Gasteiger partial charge in [0.1, 0.15) is 5.82 Å². The highest BCUT2D eigenvalue weighted by atomic mass is 16.2. The van der Waals surface area contributed by atoms with Crippen LogP contribution in [0.2, 0.25) is 0 Å². The molecule has 0 radical (unpaired) electrons. The van der Waals surface area contributed by atoms with E-state index >= 15 is 0 Å². The van der Waals surface area contributed by atoms with Gasteiger partial charge in [0, 0.05) is 37.5 Å². The molecule has 194 valence electrons. The van der Waals surface area contributed by atoms with Crippen LogP contribution in [0.15, 0.2) is 55.1 Å². The number of benzene rings is 1. The van der Waals surface area contributed by atoms with Gasteiger partial charge in [0.15, 0.2) is 0 Å². The van der Waals surface area contributed by atoms with Crippen LogP contribution in [-0.2, 0) is 11.8 Å². The monoisotopic (exact) mass is 502 g/mol. The summed E-state index contributed by atoms with van der Waals surface area (Å²) in [6.07, 6.45) is 10.5. The average Bonchev–Trinajstić information content (AvgIpc) is 3.64. The van der Waals surface area contributed by atoms with Gasteiger partial charge in [-0.15, -0.1) is 0 Å². The lowest BCUT2D eigenvalue weighted by molar-refractivity contribution is -0.118. The van der Waals surface area contributed by atoms with Crippen LogP contribution in [0.3, 0.4) is 0 Å². The lowest BCUT2D eigenvalue weighted by Crippen LogP contribution is -2.29. The molecule has 10 heteroatoms. The van der Waals surface area contributed by atoms with E-state index in [0.717, 1.165) is 41.8 Å². The summed E-state index contributed by atoms with van der Waals surface area (Å²) in [5.74, 6) is 0.187. The minimum Gasteiger partial charge on any atom is -0.370 e. The zero-order chi connectivity index (χ0) is 26.4. The molecule has 4 rings (SSSR count). The predicted octanol–water partition coefficient (Wildman–Crippen LogP) is 4.16. The van der Waals surface area contributed by atoms with Gasteiger partial charge in [-0.2, -0.15) is 10.2 Å². The van der Waals surface area contributed by atoms with Crippen molar-refractivity contribution < 1.29 is 9.59 Å². The number of nitrogens with two attached hydrogens (primary N) is 1. The Labute approximate surface area is 216 Å². The molecule has 1 unspecified atom stereocenters. The van der Waals surface area contributed by atoms with Gasteiger partial charge in [0.25, 0.3) is 5.91 Å². The molecule has 1 aromatic carbocycles. The molecule has 1 atom stereocenters. The number of unbranched alkanes of at least 4 members (excludes halogenated alkanes) is 2. The van der Waals surface area contributed by atoms with E-state index in [1.807, 2.05) is 57.4 Å². The van der Waals surface area contributed by atoms with Gasteiger partial charge in [0.05, 0.1) is 35.4 Å². The van der Waals surface area contributed by atoms with Gasteiger partial charge < -0.3 is 16.0 Å². The first-order valence-corrected chi connectivity index (χ1v) is 12.6. The lowest BCUT2D eigenvalue weighted by atomic mass is 10.1. The summed E-state index contributed by atoms with van der Waals surface area (Å²) in [7, 11) is 1.90. The number of aryl methyl sites for hydroxylation is 1. The van der Waals surface area contributed by atoms with E-state index in [9.17, 15) is 9.59 Å². The molecule has 0 saturated carbocycles. The highest BCUT2D eigenvalue weighted by Crippen LogP contribution is 2.25. The summed E-state index contributed by atoms with van der Waals surface area (Å²) in [4.78, 5) is 32.1. The molecule has 0 aliphatic rings. The van der Waals surface area contributed by atoms with Gasteiger partial charge in [-0.1, -0.05) is 37.1 Å². The van der Waals surface area contributed by atoms with E-state index < -0.39 is 0 Å². The number of primary amides is 1. The fraction of sp³-hybridized carbons (Fsp3) is 0.370. The fourth-order valence-corrected chi connectivity index (χ4v) is 4.13. The fourth-order valence-electron chi connectivity index (χ4n) is 4.13. The Balaban J connectivity index is 1.48. The maximum Gasteiger partial charge on any atom is 0.255 e. The van der Waals surface area contributed by atoms with Crippen molar-refractivity contribution in [2.45, 2.75) is 58.0 Å². The van der Waals surface area contributed by atoms with E-state index in [0.29, 0.717) is 24.2 Å². The van der Waals surface area contributed by atoms with Crippen molar-refractivity contribution in [1.82, 2.24) is 34.8 Å². The quantitative estimate of drug-likeness (QED) is 0.250. The van der Waals surface area contributed by atoms with Crippen LogP contribution in [0.25, 0.3) is 22.5 Å². The van der Waals surface area contributed by atoms with Crippen molar-refractivity contribution >= 4 is 11.8 Å². The molecule has 3 aromatic heterocycles. The summed E-state index contributed by atoms with van der Waals surface area (Å²) >= 11 is 0. The van der Waals surface area contributed by atoms with Crippen LogP contribution in [-0.4, -0.2) is 41.3 Å². The predicted molar refractivity (Wildman–Crippen MR) is 141 cm³/mol. The summed E-state index contributed by atoms with van der Waals surface area (Å²) in [6, 6.07) is 9.94. The van der Waals surface area contributed by atoms with Gasteiger partial charge in [-0.05, 0) is 38.3 Å². The smallest absolute Gasteiger partial charge is 0.255 e. The second-order valence-electron chi connectivity index (χ2n) is 9.53. The maximum atomic E-state index is 13.0. The first kappa shape index (κ1) is 25.9. The number of nitrogens with one attached hydrogen (secondary N) is 2. The third-order valence-electron chi connectivity index (χ3n) is 6.24. The van der Waals surface area contributed by atoms with E-state index in [4.69, 9.17) is 5.73 Å². The molecule has 0 spiro atoms. The van der Waals surface area contributed by atoms with E-state index in [-0.39, 0.29) is 23.9 Å². The van der Waals surface area contributed by atoms with Crippen molar-refractivity contribution in [3.05, 3.63) is 66.5 Å². The summed E-state index contributed by atoms with van der Waals surface area (Å²) in [5.41, 5.74) is 9.56. The van der Waals surface area contributed by atoms with Crippen molar-refractivity contribution in [3.8, 4) is 22.5 Å². The standard InChI is InChI=1S/C27H34N8O2/c1-18(2)35-17-21(15-30-35)27(37)32-23(7-5-4-6-8-25(28)36)26-29-16-24(31-26)20-11-9-19(10-12-20)22-13-14-34(3)33-22/h9-18,23H,4-8H2,1-3H3,(H2,28,36)(H,29,31)(H,32,37). The normalized spacial score (nSPS) is 12.1. The number of aromatic nitrogens is 6. The Bertz CT molecular complexity index is 1330. The van der Waals surface area contributed by atoms with Crippen LogP contribution in [0, 0.1) is 0 Å². The number of rotatable bonds is 12. The molecule has 37 heavy (non-hydrogen) atoms. The number of hydrogen-bond acceptors (Lipinski definition) is 5. The van der Waals surface area contributed by atoms with E-state index in [1.165, 1.54) is 0 Å². The molecular formula is C27H34N8O2. The van der Waals surface area contributed by atoms with Crippen molar-refractivity contribution in [2.24, 2.45) is 12.8 Å². The van der Waals surface area contributed by atoms with Crippen molar-refractivity contribution in [1.29, 1.82) is 0 Å². The van der Waals surface area contributed by atoms with Gasteiger partial charge in [-0.3, -0.25) is 19.0 Å². The third kappa shape index (κ3) is 6.72. The first-order chi connectivity index (χ1) is 17.8. The highest BCUT2D eigenvalue weighted by molar-refractivity contribution is 5.93. The Morgan fingerprint density at radius 2 is 1.81 bits per heavy atom. The molecule has 0 saturated heterocycles. The summed E-state index contributed by atoms with van der Waals surface area (Å²) in [5, 5.41) is 11.8. The minimum atomic E-state index is -0.315. The van der Waals surface area contributed by atoms with Crippen LogP contribution in [0.1, 0.15) is 74.2 Å². The number of imidazole rings is 1. The lowest BCUT2D eigenvalue weighted by Gasteiger charge is -2.16. The second kappa shape index (κ2) is 11.7. The highest BCUT2D eigenvalue weighted by Gasteiger charge is 2.20. The SMILES string of the molecule is CC(C)n1cc(C(=O)NC(CCCCCC(N)=O)c2ncc(-c3ccc(-c4ccn(C)n4)cc3)[nH]2)cn1. The van der Waals surface area contributed by atoms with E-state index in [1.54, 1.807) is 28.0 Å². The number of H-pyrrole nitrogens is 1. The topological polar surface area (TPSA) is 137 Å². The zero-order valence-corrected chi connectivity index (χ0v) is 21.5. The zero-order valence-electron chi connectivity index (χ0n) is 21.5. The van der Waals surface area contributed by atoms with Crippen molar-refractivity contribution in [3.63, 3.8) is 0 Å². The van der Waals surface area contributed by atoms with Crippen LogP contribution < -0.4 is 11.1 Å². The van der Waals surface area contributed by atoms with E-state index in [2.05, 4.69) is 25.5 Å². The van der Waals surface area contributed by atoms with Gasteiger partial charge >= 0.3 is 0 Å². The summed E-state index contributed by atoms with van der Waals surface area (Å²) < 4.78 is 3.54. The largest absolute Gasteiger partial charge is 0.370 e. The van der Waals surface area contributed by atoms with Crippen LogP contribution in [0.4, 0.5) is 0 Å². The molecule has 0 fully saturated rings. The molecule has 0 bridgehead atoms. The molecule has 0 aliphatic carbocycles. The Morgan fingerprint density at radius 1 is 1.05 bits per heavy atom. The second-order valence-corrected chi connectivity index (χ2v) is 9.53. The van der Waals surface area contributed by atoms with Crippen LogP contribution >= 0.6 is 0 Å². The molecule has 4 aromatic rings. The number of carbonyl (C=O) groups is 2.